The molecule has 4 nitrogen and oxygen atoms in total. The predicted molar refractivity (Wildman–Crippen MR) is 77.1 cm³/mol. The maximum atomic E-state index is 11.2. The lowest BCUT2D eigenvalue weighted by molar-refractivity contribution is 0.0696. The highest BCUT2D eigenvalue weighted by Gasteiger charge is 2.19. The Kier molecular flexibility index (Phi) is 5.82. The fourth-order valence-corrected chi connectivity index (χ4v) is 2.31. The lowest BCUT2D eigenvalue weighted by Gasteiger charge is -2.19. The van der Waals surface area contributed by atoms with E-state index in [1.807, 2.05) is 20.8 Å². The molecular formula is C14H21NO3S. The fourth-order valence-electron chi connectivity index (χ4n) is 1.47. The van der Waals surface area contributed by atoms with E-state index in [0.29, 0.717) is 12.2 Å². The monoisotopic (exact) mass is 283 g/mol. The van der Waals surface area contributed by atoms with Crippen LogP contribution in [-0.2, 0) is 10.2 Å². The largest absolute Gasteiger partial charge is 0.478 e. The number of hydrogen-bond donors (Lipinski definition) is 1. The van der Waals surface area contributed by atoms with Gasteiger partial charge in [-0.2, -0.15) is 0 Å². The third kappa shape index (κ3) is 5.20. The molecule has 5 heteroatoms. The maximum Gasteiger partial charge on any atom is 0.335 e. The van der Waals surface area contributed by atoms with Gasteiger partial charge in [0.25, 0.3) is 0 Å². The van der Waals surface area contributed by atoms with E-state index in [9.17, 15) is 4.79 Å². The van der Waals surface area contributed by atoms with Gasteiger partial charge < -0.3 is 9.84 Å². The molecule has 0 amide bonds. The Bertz CT molecular complexity index is 441. The average molecular weight is 283 g/mol. The maximum absolute atomic E-state index is 11.2. The molecule has 0 spiro atoms. The summed E-state index contributed by atoms with van der Waals surface area (Å²) in [5.41, 5.74) is 0.948. The molecule has 0 radical (unpaired) electrons. The van der Waals surface area contributed by atoms with Gasteiger partial charge in [-0.15, -0.1) is 11.8 Å². The second-order valence-corrected chi connectivity index (χ2v) is 6.44. The smallest absolute Gasteiger partial charge is 0.335 e. The molecular weight excluding hydrogens is 262 g/mol. The van der Waals surface area contributed by atoms with Gasteiger partial charge in [0.1, 0.15) is 0 Å². The lowest BCUT2D eigenvalue weighted by atomic mass is 9.91. The number of thioether (sulfide) groups is 1. The molecule has 0 fully saturated rings. The number of rotatable bonds is 6. The molecule has 1 N–H and O–H groups in total. The highest BCUT2D eigenvalue weighted by Crippen LogP contribution is 2.26. The van der Waals surface area contributed by atoms with E-state index >= 15 is 0 Å². The van der Waals surface area contributed by atoms with Crippen LogP contribution in [0.3, 0.4) is 0 Å². The van der Waals surface area contributed by atoms with E-state index in [4.69, 9.17) is 9.84 Å². The molecule has 19 heavy (non-hydrogen) atoms. The zero-order valence-electron chi connectivity index (χ0n) is 11.9. The molecule has 1 heterocycles. The quantitative estimate of drug-likeness (QED) is 0.641. The molecule has 1 aromatic heterocycles. The molecule has 0 aliphatic rings. The predicted octanol–water partition coefficient (Wildman–Crippen LogP) is 3.21. The topological polar surface area (TPSA) is 59.4 Å². The average Bonchev–Trinajstić information content (AvgIpc) is 2.33. The van der Waals surface area contributed by atoms with Crippen molar-refractivity contribution in [2.75, 3.05) is 19.5 Å². The standard InChI is InChI=1S/C14H21NO3S/c1-14(2,3)11-8-10(13(16)17)9-12(15-11)19-7-5-6-18-4/h8-9H,5-7H2,1-4H3,(H,16,17). The van der Waals surface area contributed by atoms with Crippen molar-refractivity contribution in [3.8, 4) is 0 Å². The summed E-state index contributed by atoms with van der Waals surface area (Å²) in [4.78, 5) is 15.7. The summed E-state index contributed by atoms with van der Waals surface area (Å²) in [6.45, 7) is 6.79. The first-order valence-electron chi connectivity index (χ1n) is 6.22. The van der Waals surface area contributed by atoms with Crippen LogP contribution in [0, 0.1) is 0 Å². The first-order valence-corrected chi connectivity index (χ1v) is 7.20. The summed E-state index contributed by atoms with van der Waals surface area (Å²) in [5.74, 6) is -0.0420. The van der Waals surface area contributed by atoms with Crippen LogP contribution in [0.1, 0.15) is 43.2 Å². The SMILES string of the molecule is COCCCSc1cc(C(=O)O)cc(C(C)(C)C)n1. The summed E-state index contributed by atoms with van der Waals surface area (Å²) in [7, 11) is 1.67. The highest BCUT2D eigenvalue weighted by atomic mass is 32.2. The summed E-state index contributed by atoms with van der Waals surface area (Å²) in [6, 6.07) is 3.29. The van der Waals surface area contributed by atoms with Crippen molar-refractivity contribution in [1.29, 1.82) is 0 Å². The number of aromatic nitrogens is 1. The normalized spacial score (nSPS) is 11.6. The summed E-state index contributed by atoms with van der Waals surface area (Å²) >= 11 is 1.57. The molecule has 1 aromatic rings. The summed E-state index contributed by atoms with van der Waals surface area (Å²) in [6.07, 6.45) is 0.922. The zero-order valence-corrected chi connectivity index (χ0v) is 12.7. The number of ether oxygens (including phenoxy) is 1. The second-order valence-electron chi connectivity index (χ2n) is 5.33. The highest BCUT2D eigenvalue weighted by molar-refractivity contribution is 7.99. The lowest BCUT2D eigenvalue weighted by Crippen LogP contribution is -2.15. The number of pyridine rings is 1. The molecule has 106 valence electrons. The van der Waals surface area contributed by atoms with Crippen molar-refractivity contribution in [3.05, 3.63) is 23.4 Å². The minimum atomic E-state index is -0.911. The van der Waals surface area contributed by atoms with Gasteiger partial charge in [-0.25, -0.2) is 9.78 Å². The van der Waals surface area contributed by atoms with Gasteiger partial charge in [0.2, 0.25) is 0 Å². The number of aromatic carboxylic acids is 1. The van der Waals surface area contributed by atoms with Crippen molar-refractivity contribution < 1.29 is 14.6 Å². The Hall–Kier alpha value is -1.07. The van der Waals surface area contributed by atoms with Gasteiger partial charge in [0, 0.05) is 30.6 Å². The van der Waals surface area contributed by atoms with E-state index in [2.05, 4.69) is 4.98 Å². The first kappa shape index (κ1) is 16.0. The van der Waals surface area contributed by atoms with Crippen LogP contribution >= 0.6 is 11.8 Å². The molecule has 0 aromatic carbocycles. The number of carbonyl (C=O) groups is 1. The molecule has 0 saturated heterocycles. The van der Waals surface area contributed by atoms with Crippen LogP contribution < -0.4 is 0 Å². The minimum Gasteiger partial charge on any atom is -0.478 e. The Labute approximate surface area is 118 Å². The van der Waals surface area contributed by atoms with E-state index < -0.39 is 5.97 Å². The molecule has 1 rings (SSSR count). The Morgan fingerprint density at radius 3 is 2.63 bits per heavy atom. The Balaban J connectivity index is 2.91. The molecule has 0 aliphatic carbocycles. The van der Waals surface area contributed by atoms with Gasteiger partial charge >= 0.3 is 5.97 Å². The third-order valence-electron chi connectivity index (χ3n) is 2.56. The zero-order chi connectivity index (χ0) is 14.5. The number of carboxylic acid groups (broad SMARTS) is 1. The molecule has 0 bridgehead atoms. The molecule has 0 saturated carbocycles. The van der Waals surface area contributed by atoms with Crippen LogP contribution in [0.5, 0.6) is 0 Å². The summed E-state index contributed by atoms with van der Waals surface area (Å²) in [5, 5.41) is 9.92. The third-order valence-corrected chi connectivity index (χ3v) is 3.56. The number of methoxy groups -OCH3 is 1. The van der Waals surface area contributed by atoms with Crippen LogP contribution in [0.25, 0.3) is 0 Å². The molecule has 0 unspecified atom stereocenters. The van der Waals surface area contributed by atoms with Crippen molar-refractivity contribution >= 4 is 17.7 Å². The van der Waals surface area contributed by atoms with Gasteiger partial charge in [-0.05, 0) is 18.6 Å². The van der Waals surface area contributed by atoms with E-state index in [0.717, 1.165) is 22.9 Å². The first-order chi connectivity index (χ1) is 8.84. The van der Waals surface area contributed by atoms with Gasteiger partial charge in [0.15, 0.2) is 0 Å². The molecule has 0 atom stereocenters. The molecule has 0 aliphatic heterocycles. The van der Waals surface area contributed by atoms with Gasteiger partial charge in [-0.3, -0.25) is 0 Å². The van der Waals surface area contributed by atoms with Gasteiger partial charge in [0.05, 0.1) is 10.6 Å². The Morgan fingerprint density at radius 1 is 1.42 bits per heavy atom. The second kappa shape index (κ2) is 6.91. The van der Waals surface area contributed by atoms with Crippen molar-refractivity contribution in [1.82, 2.24) is 4.98 Å². The van der Waals surface area contributed by atoms with Crippen molar-refractivity contribution in [2.45, 2.75) is 37.6 Å². The number of hydrogen-bond acceptors (Lipinski definition) is 4. The minimum absolute atomic E-state index is 0.159. The van der Waals surface area contributed by atoms with E-state index in [-0.39, 0.29) is 5.41 Å². The van der Waals surface area contributed by atoms with E-state index in [1.165, 1.54) is 0 Å². The number of nitrogens with zero attached hydrogens (tertiary/aromatic N) is 1. The Morgan fingerprint density at radius 2 is 2.11 bits per heavy atom. The van der Waals surface area contributed by atoms with Crippen LogP contribution in [0.2, 0.25) is 0 Å². The van der Waals surface area contributed by atoms with Crippen LogP contribution in [-0.4, -0.2) is 35.5 Å². The summed E-state index contributed by atoms with van der Waals surface area (Å²) < 4.78 is 4.99. The number of carboxylic acids is 1. The van der Waals surface area contributed by atoms with Gasteiger partial charge in [-0.1, -0.05) is 20.8 Å². The fraction of sp³-hybridized carbons (Fsp3) is 0.571. The van der Waals surface area contributed by atoms with Crippen molar-refractivity contribution in [2.24, 2.45) is 0 Å². The van der Waals surface area contributed by atoms with E-state index in [1.54, 1.807) is 31.0 Å². The van der Waals surface area contributed by atoms with Crippen LogP contribution in [0.4, 0.5) is 0 Å². The van der Waals surface area contributed by atoms with Crippen molar-refractivity contribution in [3.63, 3.8) is 0 Å². The van der Waals surface area contributed by atoms with Crippen LogP contribution in [0.15, 0.2) is 17.2 Å².